The molecule has 2 aliphatic rings. The Balaban J connectivity index is 1.61. The van der Waals surface area contributed by atoms with Crippen molar-refractivity contribution in [1.82, 2.24) is 20.4 Å². The zero-order valence-electron chi connectivity index (χ0n) is 14.5. The van der Waals surface area contributed by atoms with E-state index >= 15 is 0 Å². The molecule has 2 aromatic heterocycles. The van der Waals surface area contributed by atoms with E-state index in [1.165, 1.54) is 0 Å². The maximum absolute atomic E-state index is 12.3. The van der Waals surface area contributed by atoms with E-state index in [-0.39, 0.29) is 17.7 Å². The number of nitrogens with one attached hydrogen (secondary N) is 1. The lowest BCUT2D eigenvalue weighted by Crippen LogP contribution is -2.38. The van der Waals surface area contributed by atoms with Crippen LogP contribution in [-0.4, -0.2) is 47.0 Å². The first-order valence-electron chi connectivity index (χ1n) is 8.86. The molecule has 0 radical (unpaired) electrons. The Morgan fingerprint density at radius 2 is 1.96 bits per heavy atom. The van der Waals surface area contributed by atoms with Crippen molar-refractivity contribution >= 4 is 22.9 Å². The normalized spacial score (nSPS) is 18.6. The van der Waals surface area contributed by atoms with Crippen molar-refractivity contribution in [1.29, 1.82) is 0 Å². The highest BCUT2D eigenvalue weighted by Gasteiger charge is 2.36. The fourth-order valence-electron chi connectivity index (χ4n) is 3.65. The van der Waals surface area contributed by atoms with Crippen molar-refractivity contribution < 1.29 is 14.1 Å². The second kappa shape index (κ2) is 6.13. The predicted molar refractivity (Wildman–Crippen MR) is 91.2 cm³/mol. The number of carbonyl (C=O) groups excluding carboxylic acids is 2. The third-order valence-corrected chi connectivity index (χ3v) is 5.19. The maximum atomic E-state index is 12.3. The molecule has 0 aromatic carbocycles. The summed E-state index contributed by atoms with van der Waals surface area (Å²) in [4.78, 5) is 30.8. The van der Waals surface area contributed by atoms with Gasteiger partial charge in [0.25, 0.3) is 11.6 Å². The summed E-state index contributed by atoms with van der Waals surface area (Å²) in [5, 5.41) is 7.61. The van der Waals surface area contributed by atoms with Crippen LogP contribution in [-0.2, 0) is 4.79 Å². The van der Waals surface area contributed by atoms with Crippen LogP contribution in [0.25, 0.3) is 11.1 Å². The number of piperidine rings is 1. The number of amides is 2. The Kier molecular flexibility index (Phi) is 3.94. The van der Waals surface area contributed by atoms with Gasteiger partial charge in [0.05, 0.1) is 16.6 Å². The minimum Gasteiger partial charge on any atom is -0.355 e. The average Bonchev–Trinajstić information content (AvgIpc) is 3.40. The summed E-state index contributed by atoms with van der Waals surface area (Å²) in [6, 6.07) is 1.77. The van der Waals surface area contributed by atoms with Crippen LogP contribution in [0.4, 0.5) is 0 Å². The van der Waals surface area contributed by atoms with Gasteiger partial charge in [-0.2, -0.15) is 0 Å². The first kappa shape index (κ1) is 16.1. The minimum absolute atomic E-state index is 0.165. The van der Waals surface area contributed by atoms with Crippen LogP contribution in [0, 0.1) is 12.8 Å². The molecule has 0 unspecified atom stereocenters. The Hall–Kier alpha value is -2.44. The van der Waals surface area contributed by atoms with Crippen molar-refractivity contribution in [2.24, 2.45) is 5.92 Å². The SMILES string of the molecule is CNC(=O)c1cc(C)nc2onc(C3CCN(C(=O)C4CC4)CC3)c12. The summed E-state index contributed by atoms with van der Waals surface area (Å²) in [5.74, 6) is 0.571. The molecule has 1 saturated carbocycles. The zero-order chi connectivity index (χ0) is 17.6. The summed E-state index contributed by atoms with van der Waals surface area (Å²) in [6.07, 6.45) is 3.74. The number of fused-ring (bicyclic) bond motifs is 1. The molecule has 0 atom stereocenters. The van der Waals surface area contributed by atoms with Crippen molar-refractivity contribution in [2.45, 2.75) is 38.5 Å². The number of hydrogen-bond donors (Lipinski definition) is 1. The van der Waals surface area contributed by atoms with Gasteiger partial charge in [-0.1, -0.05) is 5.16 Å². The number of hydrogen-bond acceptors (Lipinski definition) is 5. The van der Waals surface area contributed by atoms with Crippen LogP contribution in [0.2, 0.25) is 0 Å². The van der Waals surface area contributed by atoms with E-state index in [1.54, 1.807) is 13.1 Å². The van der Waals surface area contributed by atoms with E-state index in [0.717, 1.165) is 50.2 Å². The number of likely N-dealkylation sites (tertiary alicyclic amines) is 1. The topological polar surface area (TPSA) is 88.3 Å². The Morgan fingerprint density at radius 3 is 2.60 bits per heavy atom. The van der Waals surface area contributed by atoms with Crippen LogP contribution >= 0.6 is 0 Å². The molecule has 2 aromatic rings. The van der Waals surface area contributed by atoms with Crippen molar-refractivity contribution in [3.8, 4) is 0 Å². The third kappa shape index (κ3) is 2.88. The maximum Gasteiger partial charge on any atom is 0.259 e. The number of aromatic nitrogens is 2. The molecular formula is C18H22N4O3. The highest BCUT2D eigenvalue weighted by molar-refractivity contribution is 6.06. The van der Waals surface area contributed by atoms with Gasteiger partial charge in [-0.05, 0) is 38.7 Å². The summed E-state index contributed by atoms with van der Waals surface area (Å²) >= 11 is 0. The summed E-state index contributed by atoms with van der Waals surface area (Å²) in [7, 11) is 1.61. The van der Waals surface area contributed by atoms with Crippen molar-refractivity contribution in [3.05, 3.63) is 23.0 Å². The van der Waals surface area contributed by atoms with Crippen LogP contribution in [0.1, 0.15) is 53.3 Å². The van der Waals surface area contributed by atoms with Crippen LogP contribution < -0.4 is 5.32 Å². The lowest BCUT2D eigenvalue weighted by atomic mass is 9.90. The largest absolute Gasteiger partial charge is 0.355 e. The van der Waals surface area contributed by atoms with E-state index in [1.807, 2.05) is 11.8 Å². The Morgan fingerprint density at radius 1 is 1.24 bits per heavy atom. The summed E-state index contributed by atoms with van der Waals surface area (Å²) < 4.78 is 5.42. The molecule has 1 saturated heterocycles. The molecule has 7 nitrogen and oxygen atoms in total. The van der Waals surface area contributed by atoms with E-state index in [0.29, 0.717) is 22.6 Å². The van der Waals surface area contributed by atoms with E-state index in [9.17, 15) is 9.59 Å². The molecule has 1 aliphatic heterocycles. The molecule has 1 N–H and O–H groups in total. The smallest absolute Gasteiger partial charge is 0.259 e. The molecule has 1 aliphatic carbocycles. The minimum atomic E-state index is -0.165. The predicted octanol–water partition coefficient (Wildman–Crippen LogP) is 2.01. The number of aryl methyl sites for hydroxylation is 1. The zero-order valence-corrected chi connectivity index (χ0v) is 14.5. The monoisotopic (exact) mass is 342 g/mol. The second-order valence-electron chi connectivity index (χ2n) is 7.01. The van der Waals surface area contributed by atoms with Crippen LogP contribution in [0.5, 0.6) is 0 Å². The van der Waals surface area contributed by atoms with Crippen LogP contribution in [0.15, 0.2) is 10.6 Å². The highest BCUT2D eigenvalue weighted by atomic mass is 16.5. The highest BCUT2D eigenvalue weighted by Crippen LogP contribution is 2.36. The number of pyridine rings is 1. The van der Waals surface area contributed by atoms with Gasteiger partial charge in [0.15, 0.2) is 0 Å². The lowest BCUT2D eigenvalue weighted by molar-refractivity contribution is -0.133. The van der Waals surface area contributed by atoms with Gasteiger partial charge < -0.3 is 14.7 Å². The van der Waals surface area contributed by atoms with Gasteiger partial charge in [-0.3, -0.25) is 9.59 Å². The fourth-order valence-corrected chi connectivity index (χ4v) is 3.65. The number of nitrogens with zero attached hydrogens (tertiary/aromatic N) is 3. The van der Waals surface area contributed by atoms with Gasteiger partial charge >= 0.3 is 0 Å². The first-order chi connectivity index (χ1) is 12.1. The van der Waals surface area contributed by atoms with Gasteiger partial charge in [-0.15, -0.1) is 0 Å². The van der Waals surface area contributed by atoms with Gasteiger partial charge in [-0.25, -0.2) is 4.98 Å². The van der Waals surface area contributed by atoms with Crippen molar-refractivity contribution in [3.63, 3.8) is 0 Å². The summed E-state index contributed by atoms with van der Waals surface area (Å²) in [6.45, 7) is 3.31. The number of carbonyl (C=O) groups is 2. The van der Waals surface area contributed by atoms with E-state index in [4.69, 9.17) is 4.52 Å². The molecule has 2 amide bonds. The third-order valence-electron chi connectivity index (χ3n) is 5.19. The molecule has 25 heavy (non-hydrogen) atoms. The molecule has 0 spiro atoms. The quantitative estimate of drug-likeness (QED) is 0.922. The molecule has 132 valence electrons. The molecular weight excluding hydrogens is 320 g/mol. The average molecular weight is 342 g/mol. The fraction of sp³-hybridized carbons (Fsp3) is 0.556. The van der Waals surface area contributed by atoms with Gasteiger partial charge in [0, 0.05) is 37.7 Å². The molecule has 0 bridgehead atoms. The molecule has 3 heterocycles. The standard InChI is InChI=1S/C18H22N4O3/c1-10-9-13(16(23)19-2)14-15(21-25-17(14)20-10)11-5-7-22(8-6-11)18(24)12-3-4-12/h9,11-12H,3-8H2,1-2H3,(H,19,23). The number of rotatable bonds is 3. The lowest BCUT2D eigenvalue weighted by Gasteiger charge is -2.31. The second-order valence-corrected chi connectivity index (χ2v) is 7.01. The van der Waals surface area contributed by atoms with E-state index < -0.39 is 0 Å². The van der Waals surface area contributed by atoms with Gasteiger partial charge in [0.2, 0.25) is 5.91 Å². The summed E-state index contributed by atoms with van der Waals surface area (Å²) in [5.41, 5.74) is 2.47. The van der Waals surface area contributed by atoms with Gasteiger partial charge in [0.1, 0.15) is 0 Å². The molecule has 2 fully saturated rings. The molecule has 4 rings (SSSR count). The van der Waals surface area contributed by atoms with Crippen LogP contribution in [0.3, 0.4) is 0 Å². The Bertz CT molecular complexity index is 832. The molecule has 7 heteroatoms. The van der Waals surface area contributed by atoms with Crippen molar-refractivity contribution in [2.75, 3.05) is 20.1 Å². The Labute approximate surface area is 145 Å². The van der Waals surface area contributed by atoms with E-state index in [2.05, 4.69) is 15.5 Å². The first-order valence-corrected chi connectivity index (χ1v) is 8.86.